The van der Waals surface area contributed by atoms with Crippen molar-refractivity contribution in [1.29, 1.82) is 5.26 Å². The zero-order valence-corrected chi connectivity index (χ0v) is 11.5. The van der Waals surface area contributed by atoms with Crippen LogP contribution in [0, 0.1) is 11.3 Å². The number of nitriles is 1. The van der Waals surface area contributed by atoms with Gasteiger partial charge in [0.15, 0.2) is 0 Å². The van der Waals surface area contributed by atoms with Crippen molar-refractivity contribution in [3.05, 3.63) is 78.3 Å². The van der Waals surface area contributed by atoms with E-state index in [0.29, 0.717) is 11.3 Å². The van der Waals surface area contributed by atoms with Gasteiger partial charge in [-0.3, -0.25) is 0 Å². The molecule has 1 heterocycles. The average Bonchev–Trinajstić information content (AvgIpc) is 3.10. The van der Waals surface area contributed by atoms with Gasteiger partial charge in [0.1, 0.15) is 5.75 Å². The number of carbonyl (C=O) groups is 1. The summed E-state index contributed by atoms with van der Waals surface area (Å²) < 4.78 is 10.2. The molecule has 2 aromatic carbocycles. The minimum atomic E-state index is -0.531. The van der Waals surface area contributed by atoms with E-state index in [4.69, 9.17) is 14.4 Å². The van der Waals surface area contributed by atoms with E-state index in [0.717, 1.165) is 11.1 Å². The summed E-state index contributed by atoms with van der Waals surface area (Å²) in [5.74, 6) is 0.0751. The number of hydrogen-bond acceptors (Lipinski definition) is 4. The Morgan fingerprint density at radius 1 is 0.955 bits per heavy atom. The summed E-state index contributed by atoms with van der Waals surface area (Å²) in [7, 11) is 0. The monoisotopic (exact) mass is 289 g/mol. The summed E-state index contributed by atoms with van der Waals surface area (Å²) in [6, 6.07) is 19.7. The van der Waals surface area contributed by atoms with Crippen LogP contribution in [0.15, 0.2) is 71.3 Å². The highest BCUT2D eigenvalue weighted by atomic mass is 16.5. The van der Waals surface area contributed by atoms with Crippen molar-refractivity contribution >= 4 is 5.97 Å². The molecule has 4 heteroatoms. The molecule has 22 heavy (non-hydrogen) atoms. The Morgan fingerprint density at radius 3 is 2.14 bits per heavy atom. The van der Waals surface area contributed by atoms with E-state index in [1.54, 1.807) is 36.4 Å². The Hall–Kier alpha value is -3.32. The van der Waals surface area contributed by atoms with Gasteiger partial charge in [0.2, 0.25) is 5.76 Å². The first-order valence-corrected chi connectivity index (χ1v) is 6.62. The van der Waals surface area contributed by atoms with Gasteiger partial charge in [0.05, 0.1) is 17.9 Å². The van der Waals surface area contributed by atoms with Crippen molar-refractivity contribution in [3.63, 3.8) is 0 Å². The fourth-order valence-corrected chi connectivity index (χ4v) is 2.00. The van der Waals surface area contributed by atoms with Gasteiger partial charge < -0.3 is 9.15 Å². The summed E-state index contributed by atoms with van der Waals surface area (Å²) in [6.07, 6.45) is 1.42. The zero-order valence-electron chi connectivity index (χ0n) is 11.5. The van der Waals surface area contributed by atoms with Gasteiger partial charge in [-0.1, -0.05) is 24.3 Å². The molecule has 0 unspecified atom stereocenters. The molecule has 0 radical (unpaired) electrons. The molecule has 0 fully saturated rings. The summed E-state index contributed by atoms with van der Waals surface area (Å²) in [5, 5.41) is 8.79. The second kappa shape index (κ2) is 5.98. The Bertz CT molecular complexity index is 810. The second-order valence-corrected chi connectivity index (χ2v) is 4.58. The molecular formula is C18H11NO3. The molecule has 0 bridgehead atoms. The van der Waals surface area contributed by atoms with Crippen LogP contribution in [-0.2, 0) is 0 Å². The van der Waals surface area contributed by atoms with Gasteiger partial charge in [-0.25, -0.2) is 4.79 Å². The third-order valence-electron chi connectivity index (χ3n) is 3.13. The molecule has 0 aliphatic rings. The third-order valence-corrected chi connectivity index (χ3v) is 3.13. The Morgan fingerprint density at radius 2 is 1.59 bits per heavy atom. The van der Waals surface area contributed by atoms with Gasteiger partial charge in [-0.15, -0.1) is 0 Å². The summed E-state index contributed by atoms with van der Waals surface area (Å²) in [5.41, 5.74) is 2.58. The van der Waals surface area contributed by atoms with E-state index in [1.165, 1.54) is 6.26 Å². The molecule has 3 aromatic rings. The minimum Gasteiger partial charge on any atom is -0.457 e. The van der Waals surface area contributed by atoms with Crippen LogP contribution in [0.4, 0.5) is 0 Å². The number of benzene rings is 2. The van der Waals surface area contributed by atoms with E-state index in [1.807, 2.05) is 24.3 Å². The van der Waals surface area contributed by atoms with Crippen LogP contribution < -0.4 is 4.74 Å². The fraction of sp³-hybridized carbons (Fsp3) is 0. The van der Waals surface area contributed by atoms with Crippen molar-refractivity contribution in [3.8, 4) is 22.9 Å². The molecule has 3 rings (SSSR count). The molecule has 0 amide bonds. The molecule has 0 saturated heterocycles. The molecule has 0 spiro atoms. The lowest BCUT2D eigenvalue weighted by atomic mass is 10.0. The quantitative estimate of drug-likeness (QED) is 0.539. The fourth-order valence-electron chi connectivity index (χ4n) is 2.00. The van der Waals surface area contributed by atoms with E-state index in [2.05, 4.69) is 6.07 Å². The normalized spacial score (nSPS) is 9.95. The first-order chi connectivity index (χ1) is 10.8. The highest BCUT2D eigenvalue weighted by Crippen LogP contribution is 2.23. The Kier molecular flexibility index (Phi) is 3.71. The smallest absolute Gasteiger partial charge is 0.379 e. The lowest BCUT2D eigenvalue weighted by Gasteiger charge is -2.05. The molecule has 0 atom stereocenters. The lowest BCUT2D eigenvalue weighted by Crippen LogP contribution is -2.06. The molecule has 0 N–H and O–H groups in total. The minimum absolute atomic E-state index is 0.163. The van der Waals surface area contributed by atoms with Crippen molar-refractivity contribution in [2.75, 3.05) is 0 Å². The van der Waals surface area contributed by atoms with Gasteiger partial charge >= 0.3 is 5.97 Å². The number of hydrogen-bond donors (Lipinski definition) is 0. The molecule has 0 saturated carbocycles. The molecule has 1 aromatic heterocycles. The molecular weight excluding hydrogens is 278 g/mol. The molecule has 0 aliphatic heterocycles. The van der Waals surface area contributed by atoms with Crippen LogP contribution in [0.1, 0.15) is 16.1 Å². The van der Waals surface area contributed by atoms with Gasteiger partial charge in [-0.2, -0.15) is 5.26 Å². The second-order valence-electron chi connectivity index (χ2n) is 4.58. The predicted molar refractivity (Wildman–Crippen MR) is 80.3 cm³/mol. The lowest BCUT2D eigenvalue weighted by molar-refractivity contribution is 0.0701. The van der Waals surface area contributed by atoms with Crippen molar-refractivity contribution < 1.29 is 13.9 Å². The molecule has 0 aliphatic carbocycles. The van der Waals surface area contributed by atoms with Crippen LogP contribution in [-0.4, -0.2) is 5.97 Å². The topological polar surface area (TPSA) is 63.2 Å². The maximum atomic E-state index is 11.8. The number of carbonyl (C=O) groups excluding carboxylic acids is 1. The number of ether oxygens (including phenoxy) is 1. The van der Waals surface area contributed by atoms with Crippen LogP contribution >= 0.6 is 0 Å². The largest absolute Gasteiger partial charge is 0.457 e. The predicted octanol–water partition coefficient (Wildman–Crippen LogP) is 4.04. The van der Waals surface area contributed by atoms with E-state index in [-0.39, 0.29) is 5.76 Å². The highest BCUT2D eigenvalue weighted by molar-refractivity contribution is 5.88. The molecule has 4 nitrogen and oxygen atoms in total. The number of furan rings is 1. The van der Waals surface area contributed by atoms with Gasteiger partial charge in [0, 0.05) is 0 Å². The maximum absolute atomic E-state index is 11.8. The number of rotatable bonds is 3. The maximum Gasteiger partial charge on any atom is 0.379 e. The summed E-state index contributed by atoms with van der Waals surface area (Å²) in [4.78, 5) is 11.8. The van der Waals surface area contributed by atoms with E-state index in [9.17, 15) is 4.79 Å². The summed E-state index contributed by atoms with van der Waals surface area (Å²) in [6.45, 7) is 0. The van der Waals surface area contributed by atoms with Crippen LogP contribution in [0.5, 0.6) is 5.75 Å². The number of esters is 1. The van der Waals surface area contributed by atoms with Crippen LogP contribution in [0.3, 0.4) is 0 Å². The van der Waals surface area contributed by atoms with Crippen LogP contribution in [0.2, 0.25) is 0 Å². The van der Waals surface area contributed by atoms with Crippen molar-refractivity contribution in [2.24, 2.45) is 0 Å². The highest BCUT2D eigenvalue weighted by Gasteiger charge is 2.11. The Labute approximate surface area is 127 Å². The third kappa shape index (κ3) is 2.89. The summed E-state index contributed by atoms with van der Waals surface area (Å²) >= 11 is 0. The molecule has 106 valence electrons. The Balaban J connectivity index is 1.75. The van der Waals surface area contributed by atoms with Crippen molar-refractivity contribution in [2.45, 2.75) is 0 Å². The van der Waals surface area contributed by atoms with E-state index >= 15 is 0 Å². The zero-order chi connectivity index (χ0) is 15.4. The average molecular weight is 289 g/mol. The first kappa shape index (κ1) is 13.7. The standard InChI is InChI=1S/C18H11NO3/c19-12-13-3-5-14(6-4-13)15-7-9-16(10-8-15)22-18(20)17-2-1-11-21-17/h1-11H. The SMILES string of the molecule is N#Cc1ccc(-c2ccc(OC(=O)c3ccco3)cc2)cc1. The van der Waals surface area contributed by atoms with Crippen LogP contribution in [0.25, 0.3) is 11.1 Å². The first-order valence-electron chi connectivity index (χ1n) is 6.62. The van der Waals surface area contributed by atoms with E-state index < -0.39 is 5.97 Å². The van der Waals surface area contributed by atoms with Crippen molar-refractivity contribution in [1.82, 2.24) is 0 Å². The van der Waals surface area contributed by atoms with Gasteiger partial charge in [0.25, 0.3) is 0 Å². The van der Waals surface area contributed by atoms with Gasteiger partial charge in [-0.05, 0) is 47.5 Å². The number of nitrogens with zero attached hydrogens (tertiary/aromatic N) is 1.